The van der Waals surface area contributed by atoms with Gasteiger partial charge in [-0.3, -0.25) is 4.79 Å². The maximum Gasteiger partial charge on any atom is 0.206 e. The predicted molar refractivity (Wildman–Crippen MR) is 72.8 cm³/mol. The molecule has 0 amide bonds. The van der Waals surface area contributed by atoms with Crippen LogP contribution in [0.15, 0.2) is 34.7 Å². The number of nitrogens with zero attached hydrogens (tertiary/aromatic N) is 1. The fraction of sp³-hybridized carbons (Fsp3) is 0.167. The molecule has 1 heterocycles. The smallest absolute Gasteiger partial charge is 0.206 e. The maximum absolute atomic E-state index is 12.2. The first-order chi connectivity index (χ1) is 8.22. The van der Waals surface area contributed by atoms with E-state index < -0.39 is 0 Å². The van der Waals surface area contributed by atoms with E-state index in [2.05, 4.69) is 4.98 Å². The van der Waals surface area contributed by atoms with Gasteiger partial charge in [-0.1, -0.05) is 49.0 Å². The zero-order valence-corrected chi connectivity index (χ0v) is 11.0. The Morgan fingerprint density at radius 2 is 2.12 bits per heavy atom. The van der Waals surface area contributed by atoms with Gasteiger partial charge in [0.2, 0.25) is 5.78 Å². The lowest BCUT2D eigenvalue weighted by atomic mass is 10.1. The first kappa shape index (κ1) is 12.1. The normalized spacial score (nSPS) is 10.4. The fourth-order valence-corrected chi connectivity index (χ4v) is 3.31. The van der Waals surface area contributed by atoms with Crippen LogP contribution in [0.3, 0.4) is 0 Å². The van der Waals surface area contributed by atoms with Crippen LogP contribution in [-0.4, -0.2) is 16.5 Å². The Labute approximate surface area is 108 Å². The van der Waals surface area contributed by atoms with Gasteiger partial charge in [0.05, 0.1) is 0 Å². The average Bonchev–Trinajstić information content (AvgIpc) is 2.71. The molecule has 5 heteroatoms. The van der Waals surface area contributed by atoms with Crippen molar-refractivity contribution in [3.05, 3.63) is 40.8 Å². The second-order valence-electron chi connectivity index (χ2n) is 3.32. The molecule has 0 aliphatic rings. The lowest BCUT2D eigenvalue weighted by Gasteiger charge is -1.97. The molecule has 0 unspecified atom stereocenters. The molecule has 0 aliphatic heterocycles. The summed E-state index contributed by atoms with van der Waals surface area (Å²) in [6.07, 6.45) is 0. The number of thioether (sulfide) groups is 1. The van der Waals surface area contributed by atoms with Crippen LogP contribution in [-0.2, 0) is 0 Å². The molecule has 0 fully saturated rings. The van der Waals surface area contributed by atoms with Crippen molar-refractivity contribution < 1.29 is 4.79 Å². The van der Waals surface area contributed by atoms with Crippen LogP contribution >= 0.6 is 23.1 Å². The first-order valence-corrected chi connectivity index (χ1v) is 7.01. The van der Waals surface area contributed by atoms with Crippen molar-refractivity contribution in [1.29, 1.82) is 0 Å². The third kappa shape index (κ3) is 2.68. The maximum atomic E-state index is 12.2. The van der Waals surface area contributed by atoms with E-state index in [-0.39, 0.29) is 5.78 Å². The van der Waals surface area contributed by atoms with Gasteiger partial charge in [0, 0.05) is 5.56 Å². The summed E-state index contributed by atoms with van der Waals surface area (Å²) in [5, 5.41) is 0. The monoisotopic (exact) mass is 264 g/mol. The second-order valence-corrected chi connectivity index (χ2v) is 5.83. The van der Waals surface area contributed by atoms with E-state index in [4.69, 9.17) is 5.73 Å². The van der Waals surface area contributed by atoms with Crippen molar-refractivity contribution in [1.82, 2.24) is 4.98 Å². The van der Waals surface area contributed by atoms with Crippen molar-refractivity contribution in [3.63, 3.8) is 0 Å². The van der Waals surface area contributed by atoms with Crippen molar-refractivity contribution >= 4 is 34.7 Å². The number of carbonyl (C=O) groups excluding carboxylic acids is 1. The molecule has 0 saturated heterocycles. The standard InChI is InChI=1S/C12H12N2OS2/c1-2-16-12-14-11(13)10(17-12)9(15)8-6-4-3-5-7-8/h3-7H,2,13H2,1H3. The fourth-order valence-electron chi connectivity index (χ4n) is 1.38. The number of ketones is 1. The van der Waals surface area contributed by atoms with Gasteiger partial charge in [-0.2, -0.15) is 0 Å². The SMILES string of the molecule is CCSc1nc(N)c(C(=O)c2ccccc2)s1. The van der Waals surface area contributed by atoms with Crippen molar-refractivity contribution in [2.24, 2.45) is 0 Å². The van der Waals surface area contributed by atoms with Crippen LogP contribution in [0.25, 0.3) is 0 Å². The molecular weight excluding hydrogens is 252 g/mol. The summed E-state index contributed by atoms with van der Waals surface area (Å²) in [5.74, 6) is 1.20. The van der Waals surface area contributed by atoms with E-state index in [0.717, 1.165) is 10.1 Å². The molecule has 3 nitrogen and oxygen atoms in total. The third-order valence-electron chi connectivity index (χ3n) is 2.14. The zero-order chi connectivity index (χ0) is 12.3. The molecule has 0 saturated carbocycles. The number of hydrogen-bond donors (Lipinski definition) is 1. The number of carbonyl (C=O) groups is 1. The quantitative estimate of drug-likeness (QED) is 0.681. The number of anilines is 1. The number of benzene rings is 1. The van der Waals surface area contributed by atoms with Gasteiger partial charge in [-0.05, 0) is 5.75 Å². The van der Waals surface area contributed by atoms with Crippen molar-refractivity contribution in [2.45, 2.75) is 11.3 Å². The highest BCUT2D eigenvalue weighted by Crippen LogP contribution is 2.30. The molecule has 0 radical (unpaired) electrons. The van der Waals surface area contributed by atoms with E-state index in [1.165, 1.54) is 11.3 Å². The zero-order valence-electron chi connectivity index (χ0n) is 9.34. The Morgan fingerprint density at radius 1 is 1.41 bits per heavy atom. The number of hydrogen-bond acceptors (Lipinski definition) is 5. The lowest BCUT2D eigenvalue weighted by Crippen LogP contribution is -2.02. The molecule has 2 rings (SSSR count). The highest BCUT2D eigenvalue weighted by Gasteiger charge is 2.17. The number of thiazole rings is 1. The summed E-state index contributed by atoms with van der Waals surface area (Å²) < 4.78 is 0.851. The van der Waals surface area contributed by atoms with E-state index in [9.17, 15) is 4.79 Å². The Balaban J connectivity index is 2.31. The molecule has 17 heavy (non-hydrogen) atoms. The van der Waals surface area contributed by atoms with Crippen LogP contribution in [0.2, 0.25) is 0 Å². The third-order valence-corrected chi connectivity index (χ3v) is 4.24. The number of rotatable bonds is 4. The summed E-state index contributed by atoms with van der Waals surface area (Å²) in [6.45, 7) is 2.04. The largest absolute Gasteiger partial charge is 0.382 e. The highest BCUT2D eigenvalue weighted by molar-refractivity contribution is 8.01. The van der Waals surface area contributed by atoms with Crippen molar-refractivity contribution in [2.75, 3.05) is 11.5 Å². The molecule has 0 atom stereocenters. The summed E-state index contributed by atoms with van der Waals surface area (Å²) in [7, 11) is 0. The summed E-state index contributed by atoms with van der Waals surface area (Å²) in [4.78, 5) is 16.9. The van der Waals surface area contributed by atoms with E-state index >= 15 is 0 Å². The highest BCUT2D eigenvalue weighted by atomic mass is 32.2. The number of nitrogen functional groups attached to an aromatic ring is 1. The van der Waals surface area contributed by atoms with E-state index in [1.807, 2.05) is 25.1 Å². The van der Waals surface area contributed by atoms with Gasteiger partial charge >= 0.3 is 0 Å². The molecule has 1 aromatic heterocycles. The molecule has 0 aliphatic carbocycles. The van der Waals surface area contributed by atoms with Crippen molar-refractivity contribution in [3.8, 4) is 0 Å². The van der Waals surface area contributed by atoms with Gasteiger partial charge in [-0.25, -0.2) is 4.98 Å². The molecule has 88 valence electrons. The van der Waals surface area contributed by atoms with Crippen LogP contribution in [0, 0.1) is 0 Å². The minimum Gasteiger partial charge on any atom is -0.382 e. The Kier molecular flexibility index (Phi) is 3.81. The van der Waals surface area contributed by atoms with E-state index in [1.54, 1.807) is 23.9 Å². The first-order valence-electron chi connectivity index (χ1n) is 5.21. The Hall–Kier alpha value is -1.33. The molecular formula is C12H12N2OS2. The lowest BCUT2D eigenvalue weighted by molar-refractivity contribution is 0.104. The molecule has 2 N–H and O–H groups in total. The molecule has 1 aromatic carbocycles. The summed E-state index contributed by atoms with van der Waals surface area (Å²) >= 11 is 2.96. The Bertz CT molecular complexity index is 523. The van der Waals surface area contributed by atoms with Gasteiger partial charge in [0.25, 0.3) is 0 Å². The van der Waals surface area contributed by atoms with Gasteiger partial charge in [-0.15, -0.1) is 11.3 Å². The van der Waals surface area contributed by atoms with Crippen LogP contribution in [0.5, 0.6) is 0 Å². The second kappa shape index (κ2) is 5.33. The molecule has 0 spiro atoms. The minimum atomic E-state index is -0.0523. The molecule has 0 bridgehead atoms. The summed E-state index contributed by atoms with van der Waals surface area (Å²) in [5.41, 5.74) is 6.42. The summed E-state index contributed by atoms with van der Waals surface area (Å²) in [6, 6.07) is 9.13. The number of aromatic nitrogens is 1. The van der Waals surface area contributed by atoms with E-state index in [0.29, 0.717) is 16.3 Å². The van der Waals surface area contributed by atoms with Crippen LogP contribution in [0.1, 0.15) is 22.2 Å². The number of nitrogens with two attached hydrogens (primary N) is 1. The minimum absolute atomic E-state index is 0.0523. The topological polar surface area (TPSA) is 56.0 Å². The Morgan fingerprint density at radius 3 is 2.76 bits per heavy atom. The van der Waals surface area contributed by atoms with Gasteiger partial charge in [0.1, 0.15) is 10.7 Å². The van der Waals surface area contributed by atoms with Gasteiger partial charge < -0.3 is 5.73 Å². The van der Waals surface area contributed by atoms with Crippen LogP contribution in [0.4, 0.5) is 5.82 Å². The predicted octanol–water partition coefficient (Wildman–Crippen LogP) is 3.07. The van der Waals surface area contributed by atoms with Gasteiger partial charge in [0.15, 0.2) is 4.34 Å². The van der Waals surface area contributed by atoms with Crippen LogP contribution < -0.4 is 5.73 Å². The molecule has 2 aromatic rings. The average molecular weight is 264 g/mol.